The largest absolute Gasteiger partial charge is 0.494 e. The van der Waals surface area contributed by atoms with Crippen LogP contribution in [0.3, 0.4) is 0 Å². The highest BCUT2D eigenvalue weighted by molar-refractivity contribution is 14.0. The molecule has 2 unspecified atom stereocenters. The molecule has 27 heavy (non-hydrogen) atoms. The van der Waals surface area contributed by atoms with E-state index in [9.17, 15) is 0 Å². The number of nitrogens with one attached hydrogen (secondary N) is 1. The molecule has 7 heteroatoms. The molecule has 2 heterocycles. The van der Waals surface area contributed by atoms with Crippen molar-refractivity contribution in [1.82, 2.24) is 10.2 Å². The van der Waals surface area contributed by atoms with E-state index in [4.69, 9.17) is 19.2 Å². The Hall–Kier alpha value is -1.06. The minimum absolute atomic E-state index is 0. The number of benzene rings is 1. The topological polar surface area (TPSA) is 55.3 Å². The lowest BCUT2D eigenvalue weighted by molar-refractivity contribution is -0.0817. The molecule has 2 fully saturated rings. The van der Waals surface area contributed by atoms with Crippen molar-refractivity contribution in [2.45, 2.75) is 45.4 Å². The van der Waals surface area contributed by atoms with Gasteiger partial charge in [-0.25, -0.2) is 4.99 Å². The fourth-order valence-electron chi connectivity index (χ4n) is 3.48. The van der Waals surface area contributed by atoms with Gasteiger partial charge in [0.1, 0.15) is 11.9 Å². The average molecular weight is 489 g/mol. The van der Waals surface area contributed by atoms with Gasteiger partial charge in [0.2, 0.25) is 0 Å². The number of hydrogen-bond acceptors (Lipinski definition) is 4. The summed E-state index contributed by atoms with van der Waals surface area (Å²) < 4.78 is 17.4. The monoisotopic (exact) mass is 489 g/mol. The van der Waals surface area contributed by atoms with Gasteiger partial charge >= 0.3 is 0 Å². The zero-order chi connectivity index (χ0) is 18.2. The minimum Gasteiger partial charge on any atom is -0.494 e. The molecule has 0 bridgehead atoms. The second-order valence-electron chi connectivity index (χ2n) is 6.66. The Morgan fingerprint density at radius 3 is 2.85 bits per heavy atom. The van der Waals surface area contributed by atoms with Crippen molar-refractivity contribution in [2.75, 3.05) is 39.5 Å². The highest BCUT2D eigenvalue weighted by atomic mass is 127. The molecule has 6 nitrogen and oxygen atoms in total. The first-order valence-electron chi connectivity index (χ1n) is 9.78. The van der Waals surface area contributed by atoms with Gasteiger partial charge in [0.15, 0.2) is 5.96 Å². The van der Waals surface area contributed by atoms with Gasteiger partial charge in [0.05, 0.1) is 25.9 Å². The highest BCUT2D eigenvalue weighted by Crippen LogP contribution is 2.21. The van der Waals surface area contributed by atoms with Crippen LogP contribution in [0.1, 0.15) is 32.3 Å². The van der Waals surface area contributed by atoms with Gasteiger partial charge in [-0.2, -0.15) is 0 Å². The van der Waals surface area contributed by atoms with Gasteiger partial charge in [-0.3, -0.25) is 0 Å². The van der Waals surface area contributed by atoms with E-state index in [-0.39, 0.29) is 36.2 Å². The minimum atomic E-state index is 0. The Morgan fingerprint density at radius 1 is 1.26 bits per heavy atom. The summed E-state index contributed by atoms with van der Waals surface area (Å²) in [5, 5.41) is 3.42. The van der Waals surface area contributed by atoms with Crippen molar-refractivity contribution in [3.63, 3.8) is 0 Å². The first-order chi connectivity index (χ1) is 12.8. The zero-order valence-corrected chi connectivity index (χ0v) is 18.7. The van der Waals surface area contributed by atoms with Gasteiger partial charge in [0, 0.05) is 26.2 Å². The summed E-state index contributed by atoms with van der Waals surface area (Å²) in [5.41, 5.74) is 1.15. The molecule has 0 aromatic heterocycles. The van der Waals surface area contributed by atoms with Crippen molar-refractivity contribution in [1.29, 1.82) is 0 Å². The van der Waals surface area contributed by atoms with Crippen LogP contribution < -0.4 is 10.1 Å². The maximum absolute atomic E-state index is 5.96. The molecule has 2 atom stereocenters. The molecule has 0 aliphatic carbocycles. The van der Waals surface area contributed by atoms with Gasteiger partial charge in [-0.1, -0.05) is 12.1 Å². The van der Waals surface area contributed by atoms with E-state index in [1.807, 2.05) is 19.1 Å². The Balaban J connectivity index is 0.00000261. The van der Waals surface area contributed by atoms with E-state index < -0.39 is 0 Å². The zero-order valence-electron chi connectivity index (χ0n) is 16.4. The molecule has 0 amide bonds. The summed E-state index contributed by atoms with van der Waals surface area (Å²) in [6, 6.07) is 8.15. The maximum atomic E-state index is 5.96. The third-order valence-corrected chi connectivity index (χ3v) is 4.73. The predicted molar refractivity (Wildman–Crippen MR) is 118 cm³/mol. The van der Waals surface area contributed by atoms with Crippen LogP contribution in [0.25, 0.3) is 0 Å². The Morgan fingerprint density at radius 2 is 2.11 bits per heavy atom. The van der Waals surface area contributed by atoms with Gasteiger partial charge in [-0.05, 0) is 44.4 Å². The molecular formula is C20H32IN3O3. The fourth-order valence-corrected chi connectivity index (χ4v) is 3.48. The van der Waals surface area contributed by atoms with Crippen molar-refractivity contribution in [2.24, 2.45) is 4.99 Å². The standard InChI is InChI=1S/C20H31N3O3.HI/c1-3-21-20(22-14-16-7-5-8-17(13-16)24-4-2)23-10-12-26-19(15-23)18-9-6-11-25-18;/h5,7-8,13,18-19H,3-4,6,9-12,14-15H2,1-2H3,(H,21,22);1H. The summed E-state index contributed by atoms with van der Waals surface area (Å²) in [6.07, 6.45) is 2.59. The van der Waals surface area contributed by atoms with Crippen LogP contribution in [0, 0.1) is 0 Å². The third kappa shape index (κ3) is 6.50. The van der Waals surface area contributed by atoms with Crippen molar-refractivity contribution in [3.05, 3.63) is 29.8 Å². The number of morpholine rings is 1. The second-order valence-corrected chi connectivity index (χ2v) is 6.66. The molecule has 1 aromatic rings. The third-order valence-electron chi connectivity index (χ3n) is 4.73. The van der Waals surface area contributed by atoms with Crippen LogP contribution >= 0.6 is 24.0 Å². The van der Waals surface area contributed by atoms with Crippen molar-refractivity contribution in [3.8, 4) is 5.75 Å². The summed E-state index contributed by atoms with van der Waals surface area (Å²) in [5.74, 6) is 1.84. The summed E-state index contributed by atoms with van der Waals surface area (Å²) in [6.45, 7) is 9.51. The SMILES string of the molecule is CCNC(=NCc1cccc(OCC)c1)N1CCOC(C2CCCO2)C1.I. The normalized spacial score (nSPS) is 23.0. The van der Waals surface area contributed by atoms with Gasteiger partial charge in [0.25, 0.3) is 0 Å². The second kappa shape index (κ2) is 11.7. The van der Waals surface area contributed by atoms with Gasteiger partial charge in [-0.15, -0.1) is 24.0 Å². The lowest BCUT2D eigenvalue weighted by atomic mass is 10.1. The number of hydrogen-bond donors (Lipinski definition) is 1. The van der Waals surface area contributed by atoms with Crippen molar-refractivity contribution >= 4 is 29.9 Å². The number of aliphatic imine (C=N–C) groups is 1. The highest BCUT2D eigenvalue weighted by Gasteiger charge is 2.32. The average Bonchev–Trinajstić information content (AvgIpc) is 3.21. The van der Waals surface area contributed by atoms with Crippen LogP contribution in [-0.2, 0) is 16.0 Å². The number of rotatable bonds is 6. The summed E-state index contributed by atoms with van der Waals surface area (Å²) >= 11 is 0. The quantitative estimate of drug-likeness (QED) is 0.378. The molecule has 3 rings (SSSR count). The molecular weight excluding hydrogens is 457 g/mol. The lowest BCUT2D eigenvalue weighted by Gasteiger charge is -2.37. The molecule has 2 aliphatic heterocycles. The number of ether oxygens (including phenoxy) is 3. The predicted octanol–water partition coefficient (Wildman–Crippen LogP) is 3.05. The van der Waals surface area contributed by atoms with E-state index in [1.54, 1.807) is 0 Å². The van der Waals surface area contributed by atoms with Crippen LogP contribution in [-0.4, -0.2) is 62.5 Å². The van der Waals surface area contributed by atoms with Crippen molar-refractivity contribution < 1.29 is 14.2 Å². The lowest BCUT2D eigenvalue weighted by Crippen LogP contribution is -2.53. The Bertz CT molecular complexity index is 594. The van der Waals surface area contributed by atoms with E-state index in [0.29, 0.717) is 13.2 Å². The van der Waals surface area contributed by atoms with E-state index in [2.05, 4.69) is 29.3 Å². The van der Waals surface area contributed by atoms with Crippen LogP contribution in [0.15, 0.2) is 29.3 Å². The smallest absolute Gasteiger partial charge is 0.194 e. The maximum Gasteiger partial charge on any atom is 0.194 e. The van der Waals surface area contributed by atoms with Crippen LogP contribution in [0.5, 0.6) is 5.75 Å². The number of nitrogens with zero attached hydrogens (tertiary/aromatic N) is 2. The summed E-state index contributed by atoms with van der Waals surface area (Å²) in [4.78, 5) is 7.15. The molecule has 0 spiro atoms. The molecule has 1 aromatic carbocycles. The molecule has 0 saturated carbocycles. The molecule has 2 saturated heterocycles. The Kier molecular flexibility index (Phi) is 9.64. The first kappa shape index (κ1) is 22.2. The number of guanidine groups is 1. The first-order valence-corrected chi connectivity index (χ1v) is 9.78. The summed E-state index contributed by atoms with van der Waals surface area (Å²) in [7, 11) is 0. The van der Waals surface area contributed by atoms with Crippen LogP contribution in [0.4, 0.5) is 0 Å². The molecule has 152 valence electrons. The fraction of sp³-hybridized carbons (Fsp3) is 0.650. The van der Waals surface area contributed by atoms with Gasteiger partial charge < -0.3 is 24.4 Å². The van der Waals surface area contributed by atoms with Crippen LogP contribution in [0.2, 0.25) is 0 Å². The Labute approximate surface area is 179 Å². The van der Waals surface area contributed by atoms with E-state index in [0.717, 1.165) is 63.0 Å². The number of halogens is 1. The van der Waals surface area contributed by atoms with E-state index in [1.165, 1.54) is 0 Å². The molecule has 2 aliphatic rings. The van der Waals surface area contributed by atoms with E-state index >= 15 is 0 Å². The molecule has 1 N–H and O–H groups in total. The molecule has 0 radical (unpaired) electrons.